The fraction of sp³-hybridized carbons (Fsp3) is 0.130. The zero-order valence-electron chi connectivity index (χ0n) is 15.8. The Hall–Kier alpha value is -2.82. The quantitative estimate of drug-likeness (QED) is 0.451. The van der Waals surface area contributed by atoms with Gasteiger partial charge in [-0.15, -0.1) is 0 Å². The Kier molecular flexibility index (Phi) is 5.56. The van der Waals surface area contributed by atoms with Crippen molar-refractivity contribution in [3.05, 3.63) is 99.3 Å². The van der Waals surface area contributed by atoms with Crippen molar-refractivity contribution in [1.82, 2.24) is 14.9 Å². The van der Waals surface area contributed by atoms with Crippen LogP contribution < -0.4 is 5.32 Å². The molecule has 0 spiro atoms. The third kappa shape index (κ3) is 4.29. The molecule has 1 heterocycles. The normalized spacial score (nSPS) is 11.0. The predicted octanol–water partition coefficient (Wildman–Crippen LogP) is 5.63. The number of nitrogens with zero attached hydrogens (tertiary/aromatic N) is 2. The summed E-state index contributed by atoms with van der Waals surface area (Å²) in [5.74, 6) is 0.567. The van der Waals surface area contributed by atoms with Gasteiger partial charge in [0.05, 0.1) is 27.6 Å². The number of aromatic nitrogens is 2. The number of carbonyl (C=O) groups is 1. The van der Waals surface area contributed by atoms with E-state index in [-0.39, 0.29) is 5.91 Å². The second-order valence-electron chi connectivity index (χ2n) is 6.90. The van der Waals surface area contributed by atoms with Crippen LogP contribution >= 0.6 is 23.2 Å². The molecule has 146 valence electrons. The monoisotopic (exact) mass is 423 g/mol. The van der Waals surface area contributed by atoms with Crippen LogP contribution in [0.1, 0.15) is 27.3 Å². The average molecular weight is 424 g/mol. The summed E-state index contributed by atoms with van der Waals surface area (Å²) >= 11 is 12.0. The summed E-state index contributed by atoms with van der Waals surface area (Å²) in [5.41, 5.74) is 4.79. The zero-order valence-corrected chi connectivity index (χ0v) is 17.3. The Bertz CT molecular complexity index is 1180. The van der Waals surface area contributed by atoms with Crippen LogP contribution in [-0.2, 0) is 13.1 Å². The summed E-state index contributed by atoms with van der Waals surface area (Å²) in [7, 11) is 0. The summed E-state index contributed by atoms with van der Waals surface area (Å²) in [6.45, 7) is 3.05. The molecule has 0 aliphatic heterocycles. The van der Waals surface area contributed by atoms with Crippen molar-refractivity contribution in [3.63, 3.8) is 0 Å². The number of benzene rings is 3. The maximum atomic E-state index is 12.6. The fourth-order valence-electron chi connectivity index (χ4n) is 3.21. The molecule has 0 fully saturated rings. The summed E-state index contributed by atoms with van der Waals surface area (Å²) in [4.78, 5) is 17.3. The first kappa shape index (κ1) is 19.5. The number of para-hydroxylation sites is 2. The van der Waals surface area contributed by atoms with E-state index in [1.54, 1.807) is 18.2 Å². The molecule has 6 heteroatoms. The Balaban J connectivity index is 1.60. The minimum absolute atomic E-state index is 0.225. The van der Waals surface area contributed by atoms with E-state index in [9.17, 15) is 4.79 Å². The highest BCUT2D eigenvalue weighted by Gasteiger charge is 2.13. The molecule has 1 N–H and O–H groups in total. The smallest absolute Gasteiger partial charge is 0.251 e. The van der Waals surface area contributed by atoms with E-state index in [4.69, 9.17) is 28.2 Å². The average Bonchev–Trinajstić information content (AvgIpc) is 3.07. The fourth-order valence-corrected chi connectivity index (χ4v) is 3.51. The summed E-state index contributed by atoms with van der Waals surface area (Å²) in [5, 5.41) is 3.71. The summed E-state index contributed by atoms with van der Waals surface area (Å²) < 4.78 is 2.13. The van der Waals surface area contributed by atoms with E-state index in [1.807, 2.05) is 24.3 Å². The zero-order chi connectivity index (χ0) is 20.4. The molecule has 1 amide bonds. The lowest BCUT2D eigenvalue weighted by Gasteiger charge is -2.11. The Labute approximate surface area is 179 Å². The molecule has 0 atom stereocenters. The minimum atomic E-state index is -0.225. The molecule has 0 aliphatic rings. The second-order valence-corrected chi connectivity index (χ2v) is 7.71. The van der Waals surface area contributed by atoms with Gasteiger partial charge < -0.3 is 9.88 Å². The van der Waals surface area contributed by atoms with Crippen LogP contribution in [0.5, 0.6) is 0 Å². The molecule has 0 saturated carbocycles. The number of hydrogen-bond acceptors (Lipinski definition) is 2. The number of aryl methyl sites for hydroxylation is 1. The second kappa shape index (κ2) is 8.27. The van der Waals surface area contributed by atoms with Crippen LogP contribution in [0.15, 0.2) is 66.7 Å². The van der Waals surface area contributed by atoms with Gasteiger partial charge in [-0.05, 0) is 42.8 Å². The first-order valence-corrected chi connectivity index (χ1v) is 10.00. The maximum absolute atomic E-state index is 12.6. The van der Waals surface area contributed by atoms with Gasteiger partial charge in [0.25, 0.3) is 5.91 Å². The van der Waals surface area contributed by atoms with Crippen LogP contribution in [0.2, 0.25) is 10.0 Å². The van der Waals surface area contributed by atoms with Gasteiger partial charge in [-0.2, -0.15) is 0 Å². The lowest BCUT2D eigenvalue weighted by molar-refractivity contribution is 0.0949. The van der Waals surface area contributed by atoms with Crippen molar-refractivity contribution in [2.75, 3.05) is 0 Å². The molecule has 4 aromatic rings. The molecule has 0 saturated heterocycles. The van der Waals surface area contributed by atoms with Crippen molar-refractivity contribution in [1.29, 1.82) is 0 Å². The predicted molar refractivity (Wildman–Crippen MR) is 118 cm³/mol. The van der Waals surface area contributed by atoms with E-state index >= 15 is 0 Å². The number of fused-ring (bicyclic) bond motifs is 1. The third-order valence-electron chi connectivity index (χ3n) is 4.78. The van der Waals surface area contributed by atoms with Crippen LogP contribution in [0.3, 0.4) is 0 Å². The van der Waals surface area contributed by atoms with E-state index in [2.05, 4.69) is 41.1 Å². The number of amides is 1. The largest absolute Gasteiger partial charge is 0.345 e. The molecular formula is C23H19Cl2N3O. The van der Waals surface area contributed by atoms with Crippen LogP contribution in [0.4, 0.5) is 0 Å². The topological polar surface area (TPSA) is 46.9 Å². The van der Waals surface area contributed by atoms with E-state index < -0.39 is 0 Å². The van der Waals surface area contributed by atoms with Crippen LogP contribution in [0.25, 0.3) is 11.0 Å². The molecule has 0 aliphatic carbocycles. The Morgan fingerprint density at radius 3 is 2.52 bits per heavy atom. The lowest BCUT2D eigenvalue weighted by Crippen LogP contribution is -2.25. The van der Waals surface area contributed by atoms with E-state index in [0.29, 0.717) is 28.7 Å². The molecule has 4 nitrogen and oxygen atoms in total. The van der Waals surface area contributed by atoms with Gasteiger partial charge in [-0.1, -0.05) is 65.2 Å². The van der Waals surface area contributed by atoms with E-state index in [1.165, 1.54) is 11.1 Å². The highest BCUT2D eigenvalue weighted by Crippen LogP contribution is 2.23. The number of hydrogen-bond donors (Lipinski definition) is 1. The molecule has 3 aromatic carbocycles. The van der Waals surface area contributed by atoms with Crippen LogP contribution in [-0.4, -0.2) is 15.5 Å². The molecule has 0 radical (unpaired) electrons. The van der Waals surface area contributed by atoms with E-state index in [0.717, 1.165) is 16.9 Å². The highest BCUT2D eigenvalue weighted by atomic mass is 35.5. The summed E-state index contributed by atoms with van der Waals surface area (Å²) in [6, 6.07) is 21.2. The minimum Gasteiger partial charge on any atom is -0.345 e. The molecule has 4 rings (SSSR count). The van der Waals surface area contributed by atoms with Gasteiger partial charge in [0, 0.05) is 12.1 Å². The molecule has 0 bridgehead atoms. The lowest BCUT2D eigenvalue weighted by atomic mass is 10.1. The summed E-state index contributed by atoms with van der Waals surface area (Å²) in [6.07, 6.45) is 0. The molecule has 29 heavy (non-hydrogen) atoms. The maximum Gasteiger partial charge on any atom is 0.251 e. The van der Waals surface area contributed by atoms with Crippen molar-refractivity contribution in [2.45, 2.75) is 20.0 Å². The SMILES string of the molecule is Cc1ccc(Cn2c(CNC(=O)c3ccc(Cl)c(Cl)c3)nc3ccccc32)cc1. The first-order chi connectivity index (χ1) is 14.0. The number of imidazole rings is 1. The number of carbonyl (C=O) groups excluding carboxylic acids is 1. The van der Waals surface area contributed by atoms with Gasteiger partial charge in [0.15, 0.2) is 0 Å². The Morgan fingerprint density at radius 1 is 1.00 bits per heavy atom. The van der Waals surface area contributed by atoms with Gasteiger partial charge >= 0.3 is 0 Å². The van der Waals surface area contributed by atoms with Gasteiger partial charge in [0.1, 0.15) is 5.82 Å². The number of nitrogens with one attached hydrogen (secondary N) is 1. The van der Waals surface area contributed by atoms with Gasteiger partial charge in [-0.25, -0.2) is 4.98 Å². The van der Waals surface area contributed by atoms with Crippen molar-refractivity contribution < 1.29 is 4.79 Å². The van der Waals surface area contributed by atoms with Gasteiger partial charge in [-0.3, -0.25) is 4.79 Å². The number of rotatable bonds is 5. The molecule has 0 unspecified atom stereocenters. The van der Waals surface area contributed by atoms with Crippen molar-refractivity contribution in [2.24, 2.45) is 0 Å². The number of halogens is 2. The van der Waals surface area contributed by atoms with Crippen molar-refractivity contribution in [3.8, 4) is 0 Å². The Morgan fingerprint density at radius 2 is 1.76 bits per heavy atom. The van der Waals surface area contributed by atoms with Crippen molar-refractivity contribution >= 4 is 40.1 Å². The van der Waals surface area contributed by atoms with Gasteiger partial charge in [0.2, 0.25) is 0 Å². The molecule has 1 aromatic heterocycles. The van der Waals surface area contributed by atoms with Crippen LogP contribution in [0, 0.1) is 6.92 Å². The molecular weight excluding hydrogens is 405 g/mol. The standard InChI is InChI=1S/C23H19Cl2N3O/c1-15-6-8-16(9-7-15)14-28-21-5-3-2-4-20(21)27-22(28)13-26-23(29)17-10-11-18(24)19(25)12-17/h2-12H,13-14H2,1H3,(H,26,29). The third-order valence-corrected chi connectivity index (χ3v) is 5.52. The highest BCUT2D eigenvalue weighted by molar-refractivity contribution is 6.42. The first-order valence-electron chi connectivity index (χ1n) is 9.24.